The molecule has 0 bridgehead atoms. The van der Waals surface area contributed by atoms with Gasteiger partial charge in [0.2, 0.25) is 10.0 Å². The van der Waals surface area contributed by atoms with E-state index in [1.54, 1.807) is 36.4 Å². The second kappa shape index (κ2) is 8.87. The van der Waals surface area contributed by atoms with Crippen molar-refractivity contribution in [2.24, 2.45) is 0 Å². The maximum Gasteiger partial charge on any atom is 0.257 e. The Labute approximate surface area is 178 Å². The molecule has 150 valence electrons. The molecule has 1 heterocycles. The van der Waals surface area contributed by atoms with Crippen LogP contribution < -0.4 is 5.32 Å². The maximum absolute atomic E-state index is 12.9. The Kier molecular flexibility index (Phi) is 6.49. The minimum Gasteiger partial charge on any atom is -0.298 e. The number of hydrogen-bond acceptors (Lipinski definition) is 5. The first-order chi connectivity index (χ1) is 13.8. The van der Waals surface area contributed by atoms with Crippen molar-refractivity contribution in [2.45, 2.75) is 4.90 Å². The molecule has 9 heteroatoms. The van der Waals surface area contributed by atoms with Crippen LogP contribution in [-0.2, 0) is 10.0 Å². The predicted molar refractivity (Wildman–Crippen MR) is 118 cm³/mol. The topological polar surface area (TPSA) is 79.4 Å². The Balaban J connectivity index is 1.89. The SMILES string of the molecule is C=CCN(CC=C)S(=O)(=O)c1ccc2nc(NC(=O)c3cccc(Cl)c3)sc2c1. The van der Waals surface area contributed by atoms with Crippen LogP contribution >= 0.6 is 22.9 Å². The fraction of sp³-hybridized carbons (Fsp3) is 0.100. The van der Waals surface area contributed by atoms with E-state index in [4.69, 9.17) is 11.6 Å². The van der Waals surface area contributed by atoms with Crippen LogP contribution in [0.1, 0.15) is 10.4 Å². The van der Waals surface area contributed by atoms with Gasteiger partial charge in [-0.15, -0.1) is 13.2 Å². The molecule has 0 spiro atoms. The highest BCUT2D eigenvalue weighted by Crippen LogP contribution is 2.29. The molecule has 3 rings (SSSR count). The summed E-state index contributed by atoms with van der Waals surface area (Å²) >= 11 is 7.11. The summed E-state index contributed by atoms with van der Waals surface area (Å²) in [5.41, 5.74) is 0.999. The second-order valence-electron chi connectivity index (χ2n) is 6.01. The Morgan fingerprint density at radius 2 is 1.90 bits per heavy atom. The molecule has 0 fully saturated rings. The minimum absolute atomic E-state index is 0.144. The van der Waals surface area contributed by atoms with E-state index in [9.17, 15) is 13.2 Å². The number of sulfonamides is 1. The smallest absolute Gasteiger partial charge is 0.257 e. The number of carbonyl (C=O) groups excluding carboxylic acids is 1. The van der Waals surface area contributed by atoms with Crippen LogP contribution in [-0.4, -0.2) is 36.7 Å². The molecule has 1 N–H and O–H groups in total. The Hall–Kier alpha value is -2.52. The van der Waals surface area contributed by atoms with Gasteiger partial charge in [0.25, 0.3) is 5.91 Å². The lowest BCUT2D eigenvalue weighted by molar-refractivity contribution is 0.102. The fourth-order valence-corrected chi connectivity index (χ4v) is 5.20. The van der Waals surface area contributed by atoms with Gasteiger partial charge < -0.3 is 0 Å². The number of halogens is 1. The Morgan fingerprint density at radius 1 is 1.17 bits per heavy atom. The van der Waals surface area contributed by atoms with Crippen molar-refractivity contribution in [1.29, 1.82) is 0 Å². The zero-order valence-electron chi connectivity index (χ0n) is 15.3. The van der Waals surface area contributed by atoms with Gasteiger partial charge in [-0.05, 0) is 36.4 Å². The van der Waals surface area contributed by atoms with Crippen LogP contribution in [0.15, 0.2) is 72.7 Å². The lowest BCUT2D eigenvalue weighted by Gasteiger charge is -2.18. The van der Waals surface area contributed by atoms with Crippen molar-refractivity contribution in [2.75, 3.05) is 18.4 Å². The van der Waals surface area contributed by atoms with Gasteiger partial charge in [0.15, 0.2) is 5.13 Å². The third-order valence-corrected chi connectivity index (χ3v) is 6.97. The number of aromatic nitrogens is 1. The van der Waals surface area contributed by atoms with Crippen LogP contribution in [0.25, 0.3) is 10.2 Å². The molecule has 0 saturated heterocycles. The summed E-state index contributed by atoms with van der Waals surface area (Å²) in [5.74, 6) is -0.345. The number of nitrogens with zero attached hydrogens (tertiary/aromatic N) is 2. The zero-order valence-corrected chi connectivity index (χ0v) is 17.7. The summed E-state index contributed by atoms with van der Waals surface area (Å²) in [5, 5.41) is 3.55. The largest absolute Gasteiger partial charge is 0.298 e. The number of thiazole rings is 1. The average molecular weight is 448 g/mol. The van der Waals surface area contributed by atoms with Crippen LogP contribution in [0.2, 0.25) is 5.02 Å². The lowest BCUT2D eigenvalue weighted by Crippen LogP contribution is -2.31. The molecule has 6 nitrogen and oxygen atoms in total. The molecule has 3 aromatic rings. The van der Waals surface area contributed by atoms with Crippen molar-refractivity contribution in [1.82, 2.24) is 9.29 Å². The van der Waals surface area contributed by atoms with Crippen molar-refractivity contribution in [3.05, 3.63) is 78.4 Å². The van der Waals surface area contributed by atoms with E-state index in [1.165, 1.54) is 33.9 Å². The minimum atomic E-state index is -3.71. The number of benzene rings is 2. The number of hydrogen-bond donors (Lipinski definition) is 1. The number of nitrogens with one attached hydrogen (secondary N) is 1. The van der Waals surface area contributed by atoms with Crippen molar-refractivity contribution in [3.8, 4) is 0 Å². The summed E-state index contributed by atoms with van der Waals surface area (Å²) in [6, 6.07) is 11.2. The highest BCUT2D eigenvalue weighted by atomic mass is 35.5. The highest BCUT2D eigenvalue weighted by Gasteiger charge is 2.23. The molecule has 0 radical (unpaired) electrons. The standard InChI is InChI=1S/C20H18ClN3O3S2/c1-3-10-24(11-4-2)29(26,27)16-8-9-17-18(13-16)28-20(22-17)23-19(25)14-6-5-7-15(21)12-14/h3-9,12-13H,1-2,10-11H2,(H,22,23,25). The quantitative estimate of drug-likeness (QED) is 0.513. The zero-order chi connectivity index (χ0) is 21.0. The van der Waals surface area contributed by atoms with E-state index < -0.39 is 10.0 Å². The van der Waals surface area contributed by atoms with Crippen molar-refractivity contribution in [3.63, 3.8) is 0 Å². The van der Waals surface area contributed by atoms with E-state index in [0.29, 0.717) is 25.9 Å². The number of fused-ring (bicyclic) bond motifs is 1. The summed E-state index contributed by atoms with van der Waals surface area (Å²) in [6.45, 7) is 7.56. The third kappa shape index (κ3) is 4.73. The lowest BCUT2D eigenvalue weighted by atomic mass is 10.2. The summed E-state index contributed by atoms with van der Waals surface area (Å²) in [4.78, 5) is 16.9. The van der Waals surface area contributed by atoms with Gasteiger partial charge in [-0.25, -0.2) is 13.4 Å². The number of amides is 1. The summed E-state index contributed by atoms with van der Waals surface area (Å²) in [7, 11) is -3.71. The first-order valence-electron chi connectivity index (χ1n) is 8.54. The molecule has 0 unspecified atom stereocenters. The van der Waals surface area contributed by atoms with Crippen molar-refractivity contribution < 1.29 is 13.2 Å². The molecule has 0 aliphatic heterocycles. The van der Waals surface area contributed by atoms with E-state index in [1.807, 2.05) is 0 Å². The molecule has 0 aliphatic carbocycles. The predicted octanol–water partition coefficient (Wildman–Crippen LogP) is 4.56. The van der Waals surface area contributed by atoms with E-state index in [0.717, 1.165) is 0 Å². The first kappa shape index (κ1) is 21.2. The van der Waals surface area contributed by atoms with Gasteiger partial charge >= 0.3 is 0 Å². The molecule has 0 aliphatic rings. The number of anilines is 1. The maximum atomic E-state index is 12.9. The van der Waals surface area contributed by atoms with Gasteiger partial charge in [-0.3, -0.25) is 10.1 Å². The van der Waals surface area contributed by atoms with E-state index in [-0.39, 0.29) is 23.9 Å². The monoisotopic (exact) mass is 447 g/mol. The van der Waals surface area contributed by atoms with Gasteiger partial charge in [-0.2, -0.15) is 4.31 Å². The molecule has 0 atom stereocenters. The first-order valence-corrected chi connectivity index (χ1v) is 11.2. The molecular weight excluding hydrogens is 430 g/mol. The third-order valence-electron chi connectivity index (χ3n) is 3.97. The normalized spacial score (nSPS) is 11.5. The van der Waals surface area contributed by atoms with Gasteiger partial charge in [0, 0.05) is 23.7 Å². The van der Waals surface area contributed by atoms with E-state index >= 15 is 0 Å². The molecule has 2 aromatic carbocycles. The van der Waals surface area contributed by atoms with Gasteiger partial charge in [-0.1, -0.05) is 41.2 Å². The average Bonchev–Trinajstić information content (AvgIpc) is 3.09. The number of rotatable bonds is 8. The molecule has 1 aromatic heterocycles. The summed E-state index contributed by atoms with van der Waals surface area (Å²) < 4.78 is 27.7. The molecule has 1 amide bonds. The molecule has 0 saturated carbocycles. The van der Waals surface area contributed by atoms with Crippen LogP contribution in [0, 0.1) is 0 Å². The van der Waals surface area contributed by atoms with Gasteiger partial charge in [0.05, 0.1) is 15.1 Å². The highest BCUT2D eigenvalue weighted by molar-refractivity contribution is 7.89. The molecule has 29 heavy (non-hydrogen) atoms. The number of carbonyl (C=O) groups is 1. The van der Waals surface area contributed by atoms with E-state index in [2.05, 4.69) is 23.5 Å². The van der Waals surface area contributed by atoms with Crippen LogP contribution in [0.3, 0.4) is 0 Å². The van der Waals surface area contributed by atoms with Crippen LogP contribution in [0.5, 0.6) is 0 Å². The molecular formula is C20H18ClN3O3S2. The summed E-state index contributed by atoms with van der Waals surface area (Å²) in [6.07, 6.45) is 3.05. The fourth-order valence-electron chi connectivity index (χ4n) is 2.63. The Morgan fingerprint density at radius 3 is 2.55 bits per heavy atom. The van der Waals surface area contributed by atoms with Crippen molar-refractivity contribution >= 4 is 54.2 Å². The van der Waals surface area contributed by atoms with Gasteiger partial charge in [0.1, 0.15) is 0 Å². The second-order valence-corrected chi connectivity index (χ2v) is 9.42. The van der Waals surface area contributed by atoms with Crippen LogP contribution in [0.4, 0.5) is 5.13 Å². The Bertz CT molecular complexity index is 1180.